The second kappa shape index (κ2) is 9.06. The molecule has 0 bridgehead atoms. The number of methoxy groups -OCH3 is 1. The molecular formula is C14H24ClNO2. The lowest BCUT2D eigenvalue weighted by atomic mass is 10.0. The first-order chi connectivity index (χ1) is 8.22. The predicted molar refractivity (Wildman–Crippen MR) is 77.9 cm³/mol. The minimum absolute atomic E-state index is 0. The van der Waals surface area contributed by atoms with Crippen LogP contribution in [0.1, 0.15) is 44.7 Å². The summed E-state index contributed by atoms with van der Waals surface area (Å²) in [6.07, 6.45) is 3.33. The molecule has 104 valence electrons. The van der Waals surface area contributed by atoms with E-state index in [-0.39, 0.29) is 18.4 Å². The summed E-state index contributed by atoms with van der Waals surface area (Å²) in [5.74, 6) is 1.54. The molecular weight excluding hydrogens is 250 g/mol. The average molecular weight is 274 g/mol. The van der Waals surface area contributed by atoms with Gasteiger partial charge in [-0.05, 0) is 31.0 Å². The Kier molecular flexibility index (Phi) is 8.59. The number of hydrogen-bond donors (Lipinski definition) is 1. The lowest BCUT2D eigenvalue weighted by Crippen LogP contribution is -2.10. The summed E-state index contributed by atoms with van der Waals surface area (Å²) in [6, 6.07) is 6.02. The Hall–Kier alpha value is -0.930. The fourth-order valence-corrected chi connectivity index (χ4v) is 1.78. The maximum Gasteiger partial charge on any atom is 0.161 e. The van der Waals surface area contributed by atoms with Gasteiger partial charge in [0, 0.05) is 6.04 Å². The van der Waals surface area contributed by atoms with Gasteiger partial charge in [-0.2, -0.15) is 0 Å². The number of halogens is 1. The van der Waals surface area contributed by atoms with E-state index in [1.54, 1.807) is 7.11 Å². The Bertz CT molecular complexity index is 345. The summed E-state index contributed by atoms with van der Waals surface area (Å²) in [5.41, 5.74) is 7.24. The van der Waals surface area contributed by atoms with E-state index in [0.29, 0.717) is 6.61 Å². The molecule has 0 saturated heterocycles. The van der Waals surface area contributed by atoms with Crippen LogP contribution in [0.4, 0.5) is 0 Å². The van der Waals surface area contributed by atoms with E-state index < -0.39 is 0 Å². The minimum atomic E-state index is 0. The van der Waals surface area contributed by atoms with Crippen LogP contribution in [-0.4, -0.2) is 13.7 Å². The Morgan fingerprint density at radius 2 is 1.94 bits per heavy atom. The molecule has 3 nitrogen and oxygen atoms in total. The zero-order valence-electron chi connectivity index (χ0n) is 11.4. The third kappa shape index (κ3) is 4.75. The molecule has 18 heavy (non-hydrogen) atoms. The summed E-state index contributed by atoms with van der Waals surface area (Å²) in [4.78, 5) is 0. The number of rotatable bonds is 7. The Balaban J connectivity index is 0.00000289. The normalized spacial score (nSPS) is 11.6. The summed E-state index contributed by atoms with van der Waals surface area (Å²) >= 11 is 0. The summed E-state index contributed by atoms with van der Waals surface area (Å²) in [7, 11) is 1.65. The average Bonchev–Trinajstić information content (AvgIpc) is 2.36. The van der Waals surface area contributed by atoms with Crippen molar-refractivity contribution in [2.75, 3.05) is 13.7 Å². The van der Waals surface area contributed by atoms with Gasteiger partial charge in [0.25, 0.3) is 0 Å². The van der Waals surface area contributed by atoms with Gasteiger partial charge in [-0.1, -0.05) is 25.8 Å². The molecule has 0 aromatic heterocycles. The van der Waals surface area contributed by atoms with Crippen molar-refractivity contribution in [2.24, 2.45) is 5.73 Å². The van der Waals surface area contributed by atoms with Crippen LogP contribution < -0.4 is 15.2 Å². The smallest absolute Gasteiger partial charge is 0.161 e. The van der Waals surface area contributed by atoms with Crippen molar-refractivity contribution in [1.82, 2.24) is 0 Å². The second-order valence-corrected chi connectivity index (χ2v) is 4.09. The van der Waals surface area contributed by atoms with Crippen molar-refractivity contribution in [1.29, 1.82) is 0 Å². The van der Waals surface area contributed by atoms with E-state index in [0.717, 1.165) is 29.9 Å². The molecule has 0 radical (unpaired) electrons. The van der Waals surface area contributed by atoms with Gasteiger partial charge >= 0.3 is 0 Å². The Labute approximate surface area is 116 Å². The highest BCUT2D eigenvalue weighted by atomic mass is 35.5. The quantitative estimate of drug-likeness (QED) is 0.824. The zero-order chi connectivity index (χ0) is 12.7. The highest BCUT2D eigenvalue weighted by Gasteiger charge is 2.10. The zero-order valence-corrected chi connectivity index (χ0v) is 12.3. The molecule has 0 amide bonds. The monoisotopic (exact) mass is 273 g/mol. The number of unbranched alkanes of at least 4 members (excludes halogenated alkanes) is 1. The lowest BCUT2D eigenvalue weighted by molar-refractivity contribution is 0.310. The molecule has 2 N–H and O–H groups in total. The summed E-state index contributed by atoms with van der Waals surface area (Å²) < 4.78 is 10.8. The predicted octanol–water partition coefficient (Wildman–Crippen LogP) is 3.71. The maximum absolute atomic E-state index is 6.13. The molecule has 0 aliphatic heterocycles. The molecule has 0 unspecified atom stereocenters. The SMILES string of the molecule is CCCC[C@@H](N)c1ccc(OCC)c(OC)c1.Cl. The highest BCUT2D eigenvalue weighted by molar-refractivity contribution is 5.85. The lowest BCUT2D eigenvalue weighted by Gasteiger charge is -2.15. The third-order valence-electron chi connectivity index (χ3n) is 2.78. The summed E-state index contributed by atoms with van der Waals surface area (Å²) in [6.45, 7) is 4.77. The van der Waals surface area contributed by atoms with Gasteiger partial charge in [0.05, 0.1) is 13.7 Å². The van der Waals surface area contributed by atoms with Crippen molar-refractivity contribution in [2.45, 2.75) is 39.2 Å². The standard InChI is InChI=1S/C14H23NO2.ClH/c1-4-6-7-12(15)11-8-9-13(17-5-2)14(10-11)16-3;/h8-10,12H,4-7,15H2,1-3H3;1H/t12-;/m1./s1. The van der Waals surface area contributed by atoms with Crippen molar-refractivity contribution in [3.63, 3.8) is 0 Å². The van der Waals surface area contributed by atoms with Gasteiger partial charge < -0.3 is 15.2 Å². The van der Waals surface area contributed by atoms with Gasteiger partial charge in [0.2, 0.25) is 0 Å². The van der Waals surface area contributed by atoms with E-state index in [9.17, 15) is 0 Å². The van der Waals surface area contributed by atoms with Crippen LogP contribution in [0.2, 0.25) is 0 Å². The minimum Gasteiger partial charge on any atom is -0.493 e. The van der Waals surface area contributed by atoms with Crippen molar-refractivity contribution in [3.8, 4) is 11.5 Å². The number of hydrogen-bond acceptors (Lipinski definition) is 3. The van der Waals surface area contributed by atoms with Crippen molar-refractivity contribution >= 4 is 12.4 Å². The molecule has 4 heteroatoms. The van der Waals surface area contributed by atoms with Crippen LogP contribution in [0.25, 0.3) is 0 Å². The first kappa shape index (κ1) is 17.1. The number of nitrogens with two attached hydrogens (primary N) is 1. The topological polar surface area (TPSA) is 44.5 Å². The third-order valence-corrected chi connectivity index (χ3v) is 2.78. The van der Waals surface area contributed by atoms with E-state index in [1.807, 2.05) is 25.1 Å². The van der Waals surface area contributed by atoms with Crippen LogP contribution in [-0.2, 0) is 0 Å². The van der Waals surface area contributed by atoms with E-state index in [1.165, 1.54) is 6.42 Å². The van der Waals surface area contributed by atoms with Gasteiger partial charge in [-0.25, -0.2) is 0 Å². The largest absolute Gasteiger partial charge is 0.493 e. The molecule has 1 aromatic carbocycles. The van der Waals surface area contributed by atoms with Crippen LogP contribution >= 0.6 is 12.4 Å². The van der Waals surface area contributed by atoms with Crippen molar-refractivity contribution in [3.05, 3.63) is 23.8 Å². The Morgan fingerprint density at radius 3 is 2.50 bits per heavy atom. The summed E-state index contributed by atoms with van der Waals surface area (Å²) in [5, 5.41) is 0. The molecule has 0 fully saturated rings. The van der Waals surface area contributed by atoms with E-state index in [2.05, 4.69) is 6.92 Å². The van der Waals surface area contributed by atoms with Crippen molar-refractivity contribution < 1.29 is 9.47 Å². The molecule has 1 atom stereocenters. The second-order valence-electron chi connectivity index (χ2n) is 4.09. The van der Waals surface area contributed by atoms with Crippen LogP contribution in [0.5, 0.6) is 11.5 Å². The van der Waals surface area contributed by atoms with Gasteiger partial charge in [-0.15, -0.1) is 12.4 Å². The van der Waals surface area contributed by atoms with Gasteiger partial charge in [-0.3, -0.25) is 0 Å². The number of ether oxygens (including phenoxy) is 2. The van der Waals surface area contributed by atoms with Crippen LogP contribution in [0, 0.1) is 0 Å². The Morgan fingerprint density at radius 1 is 1.22 bits per heavy atom. The molecule has 0 spiro atoms. The first-order valence-corrected chi connectivity index (χ1v) is 6.29. The van der Waals surface area contributed by atoms with Gasteiger partial charge in [0.15, 0.2) is 11.5 Å². The maximum atomic E-state index is 6.13. The van der Waals surface area contributed by atoms with E-state index >= 15 is 0 Å². The molecule has 0 saturated carbocycles. The van der Waals surface area contributed by atoms with Crippen LogP contribution in [0.3, 0.4) is 0 Å². The fraction of sp³-hybridized carbons (Fsp3) is 0.571. The molecule has 0 heterocycles. The number of benzene rings is 1. The fourth-order valence-electron chi connectivity index (χ4n) is 1.78. The van der Waals surface area contributed by atoms with Gasteiger partial charge in [0.1, 0.15) is 0 Å². The molecule has 0 aliphatic carbocycles. The molecule has 0 aliphatic rings. The highest BCUT2D eigenvalue weighted by Crippen LogP contribution is 2.30. The van der Waals surface area contributed by atoms with Crippen LogP contribution in [0.15, 0.2) is 18.2 Å². The first-order valence-electron chi connectivity index (χ1n) is 6.29. The molecule has 1 rings (SSSR count). The molecule has 1 aromatic rings. The van der Waals surface area contributed by atoms with E-state index in [4.69, 9.17) is 15.2 Å².